The van der Waals surface area contributed by atoms with Crippen molar-refractivity contribution in [2.75, 3.05) is 11.9 Å². The van der Waals surface area contributed by atoms with Crippen LogP contribution in [-0.2, 0) is 6.54 Å². The zero-order chi connectivity index (χ0) is 9.97. The van der Waals surface area contributed by atoms with Gasteiger partial charge in [-0.15, -0.1) is 0 Å². The van der Waals surface area contributed by atoms with E-state index in [0.29, 0.717) is 0 Å². The second kappa shape index (κ2) is 4.03. The molecule has 3 nitrogen and oxygen atoms in total. The monoisotopic (exact) mass is 193 g/mol. The molecule has 1 heterocycles. The van der Waals surface area contributed by atoms with Crippen molar-refractivity contribution in [3.05, 3.63) is 12.4 Å². The van der Waals surface area contributed by atoms with E-state index in [1.165, 1.54) is 12.8 Å². The summed E-state index contributed by atoms with van der Waals surface area (Å²) >= 11 is 0. The molecule has 1 atom stereocenters. The molecule has 1 N–H and O–H groups in total. The number of hydrogen-bond acceptors (Lipinski definition) is 2. The Morgan fingerprint density at radius 2 is 2.43 bits per heavy atom. The maximum Gasteiger partial charge on any atom is 0.202 e. The highest BCUT2D eigenvalue weighted by molar-refractivity contribution is 5.25. The Hall–Kier alpha value is -0.990. The van der Waals surface area contributed by atoms with E-state index in [1.807, 2.05) is 12.4 Å². The fourth-order valence-corrected chi connectivity index (χ4v) is 1.82. The van der Waals surface area contributed by atoms with Gasteiger partial charge in [0, 0.05) is 25.5 Å². The molecule has 3 heteroatoms. The molecule has 1 saturated carbocycles. The van der Waals surface area contributed by atoms with E-state index in [2.05, 4.69) is 28.7 Å². The van der Waals surface area contributed by atoms with Crippen LogP contribution in [0.4, 0.5) is 5.95 Å². The molecule has 0 aliphatic heterocycles. The lowest BCUT2D eigenvalue weighted by Crippen LogP contribution is -2.15. The summed E-state index contributed by atoms with van der Waals surface area (Å²) in [4.78, 5) is 4.29. The van der Waals surface area contributed by atoms with E-state index >= 15 is 0 Å². The third kappa shape index (κ3) is 2.08. The molecule has 78 valence electrons. The summed E-state index contributed by atoms with van der Waals surface area (Å²) in [6.45, 7) is 6.50. The lowest BCUT2D eigenvalue weighted by Gasteiger charge is -2.12. The van der Waals surface area contributed by atoms with Crippen LogP contribution in [0.15, 0.2) is 12.4 Å². The predicted molar refractivity (Wildman–Crippen MR) is 58.3 cm³/mol. The van der Waals surface area contributed by atoms with Crippen molar-refractivity contribution in [2.24, 2.45) is 11.8 Å². The van der Waals surface area contributed by atoms with Crippen molar-refractivity contribution in [3.8, 4) is 0 Å². The molecular weight excluding hydrogens is 174 g/mol. The third-order valence-corrected chi connectivity index (χ3v) is 3.07. The maximum atomic E-state index is 4.29. The van der Waals surface area contributed by atoms with Crippen molar-refractivity contribution >= 4 is 5.95 Å². The lowest BCUT2D eigenvalue weighted by atomic mass is 10.1. The van der Waals surface area contributed by atoms with Crippen LogP contribution in [0.2, 0.25) is 0 Å². The van der Waals surface area contributed by atoms with Crippen molar-refractivity contribution < 1.29 is 0 Å². The quantitative estimate of drug-likeness (QED) is 0.778. The van der Waals surface area contributed by atoms with Gasteiger partial charge in [0.05, 0.1) is 0 Å². The summed E-state index contributed by atoms with van der Waals surface area (Å²) < 4.78 is 2.14. The molecule has 1 aromatic rings. The fraction of sp³-hybridized carbons (Fsp3) is 0.727. The SMILES string of the molecule is CCn1ccnc1NCC(C)C1CC1. The number of rotatable bonds is 5. The van der Waals surface area contributed by atoms with Crippen LogP contribution in [0.1, 0.15) is 26.7 Å². The number of aromatic nitrogens is 2. The van der Waals surface area contributed by atoms with Crippen LogP contribution in [0.25, 0.3) is 0 Å². The van der Waals surface area contributed by atoms with Crippen LogP contribution in [0, 0.1) is 11.8 Å². The Labute approximate surface area is 85.5 Å². The molecule has 0 bridgehead atoms. The molecule has 1 aromatic heterocycles. The molecule has 14 heavy (non-hydrogen) atoms. The zero-order valence-corrected chi connectivity index (χ0v) is 9.03. The van der Waals surface area contributed by atoms with Gasteiger partial charge in [-0.1, -0.05) is 6.92 Å². The van der Waals surface area contributed by atoms with Gasteiger partial charge in [-0.2, -0.15) is 0 Å². The number of hydrogen-bond donors (Lipinski definition) is 1. The minimum absolute atomic E-state index is 0.789. The van der Waals surface area contributed by atoms with E-state index in [4.69, 9.17) is 0 Å². The average molecular weight is 193 g/mol. The Morgan fingerprint density at radius 1 is 1.64 bits per heavy atom. The lowest BCUT2D eigenvalue weighted by molar-refractivity contribution is 0.533. The summed E-state index contributed by atoms with van der Waals surface area (Å²) in [6, 6.07) is 0. The first-order valence-electron chi connectivity index (χ1n) is 5.56. The van der Waals surface area contributed by atoms with Crippen LogP contribution in [-0.4, -0.2) is 16.1 Å². The molecule has 0 spiro atoms. The Balaban J connectivity index is 1.84. The predicted octanol–water partition coefficient (Wildman–Crippen LogP) is 2.36. The molecule has 2 rings (SSSR count). The summed E-state index contributed by atoms with van der Waals surface area (Å²) in [5, 5.41) is 3.42. The highest BCUT2D eigenvalue weighted by atomic mass is 15.2. The summed E-state index contributed by atoms with van der Waals surface area (Å²) in [5.74, 6) is 2.77. The molecule has 1 aliphatic rings. The van der Waals surface area contributed by atoms with E-state index in [1.54, 1.807) is 0 Å². The average Bonchev–Trinajstić information content (AvgIpc) is 2.94. The van der Waals surface area contributed by atoms with Gasteiger partial charge >= 0.3 is 0 Å². The van der Waals surface area contributed by atoms with Gasteiger partial charge in [-0.3, -0.25) is 0 Å². The van der Waals surface area contributed by atoms with Crippen LogP contribution in [0.5, 0.6) is 0 Å². The molecule has 1 fully saturated rings. The molecule has 1 aliphatic carbocycles. The van der Waals surface area contributed by atoms with Crippen LogP contribution < -0.4 is 5.32 Å². The fourth-order valence-electron chi connectivity index (χ4n) is 1.82. The number of aryl methyl sites for hydroxylation is 1. The second-order valence-corrected chi connectivity index (χ2v) is 4.23. The standard InChI is InChI=1S/C11H19N3/c1-3-14-7-6-12-11(14)13-8-9(2)10-4-5-10/h6-7,9-10H,3-5,8H2,1-2H3,(H,12,13). The molecule has 1 unspecified atom stereocenters. The zero-order valence-electron chi connectivity index (χ0n) is 9.03. The first-order chi connectivity index (χ1) is 6.81. The van der Waals surface area contributed by atoms with Gasteiger partial charge < -0.3 is 9.88 Å². The number of imidazole rings is 1. The van der Waals surface area contributed by atoms with E-state index in [0.717, 1.165) is 30.9 Å². The summed E-state index contributed by atoms with van der Waals surface area (Å²) in [7, 11) is 0. The highest BCUT2D eigenvalue weighted by Gasteiger charge is 2.27. The highest BCUT2D eigenvalue weighted by Crippen LogP contribution is 2.36. The molecular formula is C11H19N3. The normalized spacial score (nSPS) is 18.1. The van der Waals surface area contributed by atoms with Crippen molar-refractivity contribution in [3.63, 3.8) is 0 Å². The maximum absolute atomic E-state index is 4.29. The van der Waals surface area contributed by atoms with Crippen molar-refractivity contribution in [2.45, 2.75) is 33.2 Å². The number of anilines is 1. The Morgan fingerprint density at radius 3 is 3.07 bits per heavy atom. The first-order valence-corrected chi connectivity index (χ1v) is 5.56. The van der Waals surface area contributed by atoms with Gasteiger partial charge in [-0.25, -0.2) is 4.98 Å². The molecule has 0 radical (unpaired) electrons. The van der Waals surface area contributed by atoms with Crippen molar-refractivity contribution in [1.29, 1.82) is 0 Å². The van der Waals surface area contributed by atoms with Crippen LogP contribution in [0.3, 0.4) is 0 Å². The van der Waals surface area contributed by atoms with E-state index in [9.17, 15) is 0 Å². The Kier molecular flexibility index (Phi) is 2.75. The third-order valence-electron chi connectivity index (χ3n) is 3.07. The second-order valence-electron chi connectivity index (χ2n) is 4.23. The number of nitrogens with one attached hydrogen (secondary N) is 1. The minimum atomic E-state index is 0.789. The largest absolute Gasteiger partial charge is 0.355 e. The smallest absolute Gasteiger partial charge is 0.202 e. The minimum Gasteiger partial charge on any atom is -0.355 e. The van der Waals surface area contributed by atoms with Gasteiger partial charge in [0.1, 0.15) is 0 Å². The first kappa shape index (κ1) is 9.56. The summed E-state index contributed by atoms with van der Waals surface area (Å²) in [6.07, 6.45) is 6.72. The summed E-state index contributed by atoms with van der Waals surface area (Å²) in [5.41, 5.74) is 0. The van der Waals surface area contributed by atoms with E-state index in [-0.39, 0.29) is 0 Å². The molecule has 0 amide bonds. The van der Waals surface area contributed by atoms with Crippen molar-refractivity contribution in [1.82, 2.24) is 9.55 Å². The molecule has 0 aromatic carbocycles. The number of nitrogens with zero attached hydrogens (tertiary/aromatic N) is 2. The van der Waals surface area contributed by atoms with E-state index < -0.39 is 0 Å². The van der Waals surface area contributed by atoms with Crippen LogP contribution >= 0.6 is 0 Å². The van der Waals surface area contributed by atoms with Gasteiger partial charge in [-0.05, 0) is 31.6 Å². The van der Waals surface area contributed by atoms with Gasteiger partial charge in [0.15, 0.2) is 0 Å². The van der Waals surface area contributed by atoms with Gasteiger partial charge in [0.25, 0.3) is 0 Å². The topological polar surface area (TPSA) is 29.9 Å². The van der Waals surface area contributed by atoms with Gasteiger partial charge in [0.2, 0.25) is 5.95 Å². The Bertz CT molecular complexity index is 288. The molecule has 0 saturated heterocycles.